The SMILES string of the molecule is c1ccc(-c2nc(-c3ccccc3)nc(-c3cccc(-c4c5ccccc5c(-c5ccc6ccccc6c5)c5ccccc45)c3)n2)cc1. The zero-order valence-electron chi connectivity index (χ0n) is 26.1. The minimum absolute atomic E-state index is 0.644. The van der Waals surface area contributed by atoms with Gasteiger partial charge in [-0.25, -0.2) is 15.0 Å². The van der Waals surface area contributed by atoms with Crippen LogP contribution in [0.3, 0.4) is 0 Å². The third kappa shape index (κ3) is 4.90. The summed E-state index contributed by atoms with van der Waals surface area (Å²) in [5, 5.41) is 7.35. The van der Waals surface area contributed by atoms with Crippen LogP contribution in [0.4, 0.5) is 0 Å². The van der Waals surface area contributed by atoms with Crippen LogP contribution >= 0.6 is 0 Å². The lowest BCUT2D eigenvalue weighted by molar-refractivity contribution is 1.07. The first-order valence-electron chi connectivity index (χ1n) is 16.2. The van der Waals surface area contributed by atoms with Crippen LogP contribution in [0.25, 0.3) is 88.7 Å². The Bertz CT molecular complexity index is 2500. The van der Waals surface area contributed by atoms with Gasteiger partial charge in [-0.2, -0.15) is 0 Å². The first kappa shape index (κ1) is 27.8. The second-order valence-electron chi connectivity index (χ2n) is 12.0. The van der Waals surface area contributed by atoms with E-state index in [1.54, 1.807) is 0 Å². The van der Waals surface area contributed by atoms with Crippen LogP contribution in [0.5, 0.6) is 0 Å². The summed E-state index contributed by atoms with van der Waals surface area (Å²) in [7, 11) is 0. The Morgan fingerprint density at radius 1 is 0.250 bits per heavy atom. The summed E-state index contributed by atoms with van der Waals surface area (Å²) in [6.07, 6.45) is 0. The van der Waals surface area contributed by atoms with Crippen LogP contribution in [-0.4, -0.2) is 15.0 Å². The largest absolute Gasteiger partial charge is 0.208 e. The maximum atomic E-state index is 5.02. The average Bonchev–Trinajstić information content (AvgIpc) is 3.17. The predicted octanol–water partition coefficient (Wildman–Crippen LogP) is 11.7. The molecule has 0 aliphatic carbocycles. The summed E-state index contributed by atoms with van der Waals surface area (Å²) in [4.78, 5) is 14.9. The lowest BCUT2D eigenvalue weighted by Gasteiger charge is -2.18. The third-order valence-electron chi connectivity index (χ3n) is 9.08. The zero-order chi connectivity index (χ0) is 31.9. The number of aromatic nitrogens is 3. The van der Waals surface area contributed by atoms with Crippen molar-refractivity contribution in [1.82, 2.24) is 15.0 Å². The van der Waals surface area contributed by atoms with Gasteiger partial charge in [0.05, 0.1) is 0 Å². The van der Waals surface area contributed by atoms with Gasteiger partial charge in [-0.05, 0) is 66.7 Å². The van der Waals surface area contributed by atoms with E-state index in [2.05, 4.69) is 115 Å². The van der Waals surface area contributed by atoms with Crippen LogP contribution in [0.1, 0.15) is 0 Å². The second-order valence-corrected chi connectivity index (χ2v) is 12.0. The highest BCUT2D eigenvalue weighted by molar-refractivity contribution is 6.21. The van der Waals surface area contributed by atoms with E-state index in [-0.39, 0.29) is 0 Å². The Hall–Kier alpha value is -6.45. The average molecular weight is 612 g/mol. The quantitative estimate of drug-likeness (QED) is 0.182. The fourth-order valence-electron chi connectivity index (χ4n) is 6.85. The predicted molar refractivity (Wildman–Crippen MR) is 200 cm³/mol. The van der Waals surface area contributed by atoms with Crippen molar-refractivity contribution in [1.29, 1.82) is 0 Å². The van der Waals surface area contributed by atoms with Gasteiger partial charge in [0.25, 0.3) is 0 Å². The molecule has 0 aliphatic heterocycles. The molecule has 3 heteroatoms. The number of fused-ring (bicyclic) bond motifs is 3. The molecule has 0 radical (unpaired) electrons. The van der Waals surface area contributed by atoms with Crippen LogP contribution in [0.15, 0.2) is 176 Å². The van der Waals surface area contributed by atoms with E-state index >= 15 is 0 Å². The zero-order valence-corrected chi connectivity index (χ0v) is 26.1. The first-order chi connectivity index (χ1) is 23.8. The molecule has 0 bridgehead atoms. The highest BCUT2D eigenvalue weighted by atomic mass is 15.0. The molecule has 0 saturated carbocycles. The first-order valence-corrected chi connectivity index (χ1v) is 16.2. The Kier molecular flexibility index (Phi) is 6.80. The summed E-state index contributed by atoms with van der Waals surface area (Å²) < 4.78 is 0. The monoisotopic (exact) mass is 611 g/mol. The summed E-state index contributed by atoms with van der Waals surface area (Å²) in [6, 6.07) is 61.8. The van der Waals surface area contributed by atoms with E-state index < -0.39 is 0 Å². The topological polar surface area (TPSA) is 38.7 Å². The molecule has 3 nitrogen and oxygen atoms in total. The van der Waals surface area contributed by atoms with Gasteiger partial charge < -0.3 is 0 Å². The lowest BCUT2D eigenvalue weighted by atomic mass is 9.85. The summed E-state index contributed by atoms with van der Waals surface area (Å²) in [5.74, 6) is 1.95. The molecule has 0 amide bonds. The molecule has 1 heterocycles. The van der Waals surface area contributed by atoms with Crippen LogP contribution in [0, 0.1) is 0 Å². The van der Waals surface area contributed by atoms with Crippen molar-refractivity contribution in [2.75, 3.05) is 0 Å². The van der Waals surface area contributed by atoms with Crippen molar-refractivity contribution in [3.05, 3.63) is 176 Å². The molecule has 224 valence electrons. The minimum atomic E-state index is 0.644. The van der Waals surface area contributed by atoms with Gasteiger partial charge in [0.15, 0.2) is 17.5 Å². The van der Waals surface area contributed by atoms with Crippen molar-refractivity contribution in [2.45, 2.75) is 0 Å². The molecule has 8 aromatic carbocycles. The van der Waals surface area contributed by atoms with E-state index in [1.807, 2.05) is 60.7 Å². The molecule has 0 unspecified atom stereocenters. The van der Waals surface area contributed by atoms with Crippen LogP contribution in [0.2, 0.25) is 0 Å². The van der Waals surface area contributed by atoms with Crippen molar-refractivity contribution in [3.8, 4) is 56.4 Å². The lowest BCUT2D eigenvalue weighted by Crippen LogP contribution is -2.00. The molecule has 0 fully saturated rings. The molecule has 0 spiro atoms. The molecule has 0 saturated heterocycles. The smallest absolute Gasteiger partial charge is 0.164 e. The molecule has 9 aromatic rings. The Morgan fingerprint density at radius 2 is 0.646 bits per heavy atom. The van der Waals surface area contributed by atoms with E-state index in [4.69, 9.17) is 15.0 Å². The molecular formula is C45H29N3. The number of benzene rings is 8. The fraction of sp³-hybridized carbons (Fsp3) is 0. The van der Waals surface area contributed by atoms with Crippen molar-refractivity contribution in [3.63, 3.8) is 0 Å². The van der Waals surface area contributed by atoms with Gasteiger partial charge in [0.1, 0.15) is 0 Å². The molecule has 9 rings (SSSR count). The maximum Gasteiger partial charge on any atom is 0.164 e. The fourth-order valence-corrected chi connectivity index (χ4v) is 6.85. The molecule has 1 aromatic heterocycles. The third-order valence-corrected chi connectivity index (χ3v) is 9.08. The van der Waals surface area contributed by atoms with E-state index in [9.17, 15) is 0 Å². The molecular weight excluding hydrogens is 583 g/mol. The van der Waals surface area contributed by atoms with E-state index in [0.717, 1.165) is 22.3 Å². The van der Waals surface area contributed by atoms with Crippen molar-refractivity contribution in [2.24, 2.45) is 0 Å². The number of hydrogen-bond donors (Lipinski definition) is 0. The minimum Gasteiger partial charge on any atom is -0.208 e. The van der Waals surface area contributed by atoms with Gasteiger partial charge in [-0.3, -0.25) is 0 Å². The number of nitrogens with zero attached hydrogens (tertiary/aromatic N) is 3. The van der Waals surface area contributed by atoms with Gasteiger partial charge in [-0.15, -0.1) is 0 Å². The number of hydrogen-bond acceptors (Lipinski definition) is 3. The highest BCUT2D eigenvalue weighted by Crippen LogP contribution is 2.44. The summed E-state index contributed by atoms with van der Waals surface area (Å²) in [5.41, 5.74) is 7.64. The van der Waals surface area contributed by atoms with Gasteiger partial charge >= 0.3 is 0 Å². The van der Waals surface area contributed by atoms with Gasteiger partial charge in [0.2, 0.25) is 0 Å². The van der Waals surface area contributed by atoms with E-state index in [0.29, 0.717) is 17.5 Å². The van der Waals surface area contributed by atoms with Crippen molar-refractivity contribution < 1.29 is 0 Å². The Balaban J connectivity index is 1.26. The Labute approximate surface area is 278 Å². The van der Waals surface area contributed by atoms with Gasteiger partial charge in [-0.1, -0.05) is 164 Å². The summed E-state index contributed by atoms with van der Waals surface area (Å²) >= 11 is 0. The highest BCUT2D eigenvalue weighted by Gasteiger charge is 2.18. The van der Waals surface area contributed by atoms with Crippen LogP contribution in [-0.2, 0) is 0 Å². The number of rotatable bonds is 5. The van der Waals surface area contributed by atoms with E-state index in [1.165, 1.54) is 49.0 Å². The normalized spacial score (nSPS) is 11.3. The second kappa shape index (κ2) is 11.7. The Morgan fingerprint density at radius 3 is 1.19 bits per heavy atom. The molecule has 0 atom stereocenters. The summed E-state index contributed by atoms with van der Waals surface area (Å²) in [6.45, 7) is 0. The maximum absolute atomic E-state index is 5.02. The molecule has 0 N–H and O–H groups in total. The molecule has 0 aliphatic rings. The standard InChI is InChI=1S/C45H29N3/c1-3-15-31(16-4-1)43-46-44(32-17-5-2-6-18-32)48-45(47-43)36-21-13-20-34(29-36)41-37-22-9-11-24-39(37)42(40-25-12-10-23-38(40)41)35-27-26-30-14-7-8-19-33(30)28-35/h1-29H. The molecule has 48 heavy (non-hydrogen) atoms. The van der Waals surface area contributed by atoms with Crippen molar-refractivity contribution >= 4 is 32.3 Å². The van der Waals surface area contributed by atoms with Gasteiger partial charge in [0, 0.05) is 16.7 Å². The van der Waals surface area contributed by atoms with Crippen LogP contribution < -0.4 is 0 Å².